The summed E-state index contributed by atoms with van der Waals surface area (Å²) in [4.78, 5) is 11.0. The van der Waals surface area contributed by atoms with Crippen LogP contribution in [0.25, 0.3) is 0 Å². The van der Waals surface area contributed by atoms with Gasteiger partial charge in [0.05, 0.1) is 25.4 Å². The molecule has 0 aromatic rings. The highest BCUT2D eigenvalue weighted by atomic mass is 32.2. The second-order valence-corrected chi connectivity index (χ2v) is 5.71. The summed E-state index contributed by atoms with van der Waals surface area (Å²) in [5, 5.41) is 0. The van der Waals surface area contributed by atoms with E-state index in [1.165, 1.54) is 0 Å². The first-order valence-corrected chi connectivity index (χ1v) is 7.49. The van der Waals surface area contributed by atoms with E-state index in [2.05, 4.69) is 6.58 Å². The predicted molar refractivity (Wildman–Crippen MR) is 68.4 cm³/mol. The monoisotopic (exact) mass is 280 g/mol. The fourth-order valence-corrected chi connectivity index (χ4v) is 2.12. The lowest BCUT2D eigenvalue weighted by Crippen LogP contribution is -2.50. The molecule has 6 nitrogen and oxygen atoms in total. The lowest BCUT2D eigenvalue weighted by molar-refractivity contribution is -0.940. The molecule has 0 bridgehead atoms. The van der Waals surface area contributed by atoms with E-state index in [4.69, 9.17) is 9.29 Å². The summed E-state index contributed by atoms with van der Waals surface area (Å²) in [6.07, 6.45) is 1.42. The first-order chi connectivity index (χ1) is 8.28. The normalized spacial score (nSPS) is 12.2. The second kappa shape index (κ2) is 7.50. The number of hydrogen-bond donors (Lipinski definition) is 1. The molecule has 0 saturated carbocycles. The van der Waals surface area contributed by atoms with E-state index in [1.807, 2.05) is 13.8 Å². The lowest BCUT2D eigenvalue weighted by Gasteiger charge is -2.35. The van der Waals surface area contributed by atoms with Crippen molar-refractivity contribution >= 4 is 16.1 Å². The van der Waals surface area contributed by atoms with Gasteiger partial charge in [-0.15, -0.1) is 0 Å². The van der Waals surface area contributed by atoms with Gasteiger partial charge >= 0.3 is 5.97 Å². The summed E-state index contributed by atoms with van der Waals surface area (Å²) >= 11 is 0. The van der Waals surface area contributed by atoms with Gasteiger partial charge < -0.3 is 4.74 Å². The standard InChI is InChI=1S/C11H21NO5S/c1-4-11(13)17-10-12(5-2,6-3)8-7-9-18(14,15)16/h4H,1,5-10H2,2-3H3/p+1. The van der Waals surface area contributed by atoms with Crippen LogP contribution < -0.4 is 0 Å². The number of rotatable bonds is 9. The molecular weight excluding hydrogens is 258 g/mol. The topological polar surface area (TPSA) is 80.7 Å². The maximum absolute atomic E-state index is 11.0. The Morgan fingerprint density at radius 1 is 1.39 bits per heavy atom. The number of quaternary nitrogens is 1. The van der Waals surface area contributed by atoms with Crippen LogP contribution in [0.2, 0.25) is 0 Å². The minimum atomic E-state index is -3.93. The lowest BCUT2D eigenvalue weighted by atomic mass is 10.3. The van der Waals surface area contributed by atoms with Crippen LogP contribution in [0.3, 0.4) is 0 Å². The predicted octanol–water partition coefficient (Wildman–Crippen LogP) is 0.808. The third kappa shape index (κ3) is 6.73. The molecule has 0 spiro atoms. The molecule has 18 heavy (non-hydrogen) atoms. The third-order valence-electron chi connectivity index (χ3n) is 3.02. The van der Waals surface area contributed by atoms with E-state index in [1.54, 1.807) is 0 Å². The molecule has 0 fully saturated rings. The van der Waals surface area contributed by atoms with Crippen LogP contribution in [0.4, 0.5) is 0 Å². The van der Waals surface area contributed by atoms with Crippen molar-refractivity contribution in [1.82, 2.24) is 0 Å². The molecule has 0 atom stereocenters. The van der Waals surface area contributed by atoms with Crippen LogP contribution in [0, 0.1) is 0 Å². The van der Waals surface area contributed by atoms with Gasteiger partial charge in [-0.05, 0) is 13.8 Å². The number of carbonyl (C=O) groups is 1. The van der Waals surface area contributed by atoms with E-state index in [0.717, 1.165) is 6.08 Å². The summed E-state index contributed by atoms with van der Waals surface area (Å²) in [7, 11) is -3.93. The largest absolute Gasteiger partial charge is 0.412 e. The van der Waals surface area contributed by atoms with Crippen molar-refractivity contribution in [2.24, 2.45) is 0 Å². The zero-order chi connectivity index (χ0) is 14.2. The number of ether oxygens (including phenoxy) is 1. The fourth-order valence-electron chi connectivity index (χ4n) is 1.63. The van der Waals surface area contributed by atoms with Gasteiger partial charge in [0.25, 0.3) is 10.1 Å². The quantitative estimate of drug-likeness (QED) is 0.222. The molecule has 0 aliphatic carbocycles. The fraction of sp³-hybridized carbons (Fsp3) is 0.727. The molecule has 0 saturated heterocycles. The highest BCUT2D eigenvalue weighted by Gasteiger charge is 2.25. The summed E-state index contributed by atoms with van der Waals surface area (Å²) < 4.78 is 35.5. The smallest absolute Gasteiger partial charge is 0.334 e. The summed E-state index contributed by atoms with van der Waals surface area (Å²) in [6.45, 7) is 9.34. The Bertz CT molecular complexity index is 373. The van der Waals surface area contributed by atoms with Crippen molar-refractivity contribution in [3.63, 3.8) is 0 Å². The van der Waals surface area contributed by atoms with Crippen LogP contribution in [0.5, 0.6) is 0 Å². The van der Waals surface area contributed by atoms with Gasteiger partial charge in [-0.25, -0.2) is 4.79 Å². The third-order valence-corrected chi connectivity index (χ3v) is 3.83. The zero-order valence-corrected chi connectivity index (χ0v) is 11.8. The Labute approximate surface area is 109 Å². The SMILES string of the molecule is C=CC(=O)OC[N+](CC)(CC)CCCS(=O)(=O)O. The van der Waals surface area contributed by atoms with Crippen molar-refractivity contribution in [3.05, 3.63) is 12.7 Å². The summed E-state index contributed by atoms with van der Waals surface area (Å²) in [6, 6.07) is 0. The van der Waals surface area contributed by atoms with Crippen LogP contribution in [-0.2, 0) is 19.6 Å². The average Bonchev–Trinajstić information content (AvgIpc) is 2.32. The number of carbonyl (C=O) groups excluding carboxylic acids is 1. The van der Waals surface area contributed by atoms with Crippen LogP contribution in [0.15, 0.2) is 12.7 Å². The van der Waals surface area contributed by atoms with Crippen LogP contribution in [0.1, 0.15) is 20.3 Å². The zero-order valence-electron chi connectivity index (χ0n) is 11.0. The van der Waals surface area contributed by atoms with Gasteiger partial charge in [0, 0.05) is 12.5 Å². The highest BCUT2D eigenvalue weighted by molar-refractivity contribution is 7.85. The number of hydrogen-bond acceptors (Lipinski definition) is 4. The van der Waals surface area contributed by atoms with E-state index < -0.39 is 16.1 Å². The van der Waals surface area contributed by atoms with Gasteiger partial charge in [0.15, 0.2) is 0 Å². The molecule has 0 heterocycles. The van der Waals surface area contributed by atoms with Gasteiger partial charge in [-0.3, -0.25) is 9.04 Å². The van der Waals surface area contributed by atoms with Crippen LogP contribution >= 0.6 is 0 Å². The maximum atomic E-state index is 11.0. The molecule has 0 aliphatic rings. The number of nitrogens with zero attached hydrogens (tertiary/aromatic N) is 1. The van der Waals surface area contributed by atoms with Crippen molar-refractivity contribution in [1.29, 1.82) is 0 Å². The summed E-state index contributed by atoms with van der Waals surface area (Å²) in [5.74, 6) is -0.767. The van der Waals surface area contributed by atoms with Crippen molar-refractivity contribution in [2.75, 3.05) is 32.1 Å². The Morgan fingerprint density at radius 3 is 2.33 bits per heavy atom. The summed E-state index contributed by atoms with van der Waals surface area (Å²) in [5.41, 5.74) is 0. The molecule has 0 unspecified atom stereocenters. The molecule has 1 N–H and O–H groups in total. The molecule has 7 heteroatoms. The average molecular weight is 280 g/mol. The van der Waals surface area contributed by atoms with Gasteiger partial charge in [0.1, 0.15) is 0 Å². The maximum Gasteiger partial charge on any atom is 0.334 e. The van der Waals surface area contributed by atoms with Gasteiger partial charge in [-0.1, -0.05) is 6.58 Å². The Kier molecular flexibility index (Phi) is 7.12. The van der Waals surface area contributed by atoms with Gasteiger partial charge in [-0.2, -0.15) is 8.42 Å². The van der Waals surface area contributed by atoms with Gasteiger partial charge in [0.2, 0.25) is 6.73 Å². The van der Waals surface area contributed by atoms with E-state index >= 15 is 0 Å². The molecule has 106 valence electrons. The highest BCUT2D eigenvalue weighted by Crippen LogP contribution is 2.09. The molecule has 0 aliphatic heterocycles. The molecule has 0 aromatic heterocycles. The second-order valence-electron chi connectivity index (χ2n) is 4.13. The minimum absolute atomic E-state index is 0.184. The van der Waals surface area contributed by atoms with Crippen molar-refractivity contribution < 1.29 is 27.0 Å². The Balaban J connectivity index is 4.42. The minimum Gasteiger partial charge on any atom is -0.412 e. The molecule has 0 rings (SSSR count). The molecule has 0 radical (unpaired) electrons. The van der Waals surface area contributed by atoms with E-state index in [-0.39, 0.29) is 12.5 Å². The molecule has 0 amide bonds. The van der Waals surface area contributed by atoms with Crippen LogP contribution in [-0.4, -0.2) is 55.5 Å². The van der Waals surface area contributed by atoms with Crippen molar-refractivity contribution in [3.8, 4) is 0 Å². The van der Waals surface area contributed by atoms with E-state index in [9.17, 15) is 13.2 Å². The molecule has 0 aromatic carbocycles. The first-order valence-electron chi connectivity index (χ1n) is 5.88. The Hall–Kier alpha value is -0.920. The molecular formula is C11H22NO5S+. The number of esters is 1. The van der Waals surface area contributed by atoms with E-state index in [0.29, 0.717) is 30.5 Å². The van der Waals surface area contributed by atoms with Crippen molar-refractivity contribution in [2.45, 2.75) is 20.3 Å². The Morgan fingerprint density at radius 2 is 1.94 bits per heavy atom. The first kappa shape index (κ1) is 17.1.